The maximum Gasteiger partial charge on any atom is 0.254 e. The number of fused-ring (bicyclic) bond motifs is 1. The van der Waals surface area contributed by atoms with Crippen LogP contribution in [0, 0.1) is 6.92 Å². The summed E-state index contributed by atoms with van der Waals surface area (Å²) in [5.41, 5.74) is 2.71. The lowest BCUT2D eigenvalue weighted by Gasteiger charge is -2.19. The highest BCUT2D eigenvalue weighted by Gasteiger charge is 2.37. The number of hydrogen-bond donors (Lipinski definition) is 1. The summed E-state index contributed by atoms with van der Waals surface area (Å²) in [5, 5.41) is 2.72. The van der Waals surface area contributed by atoms with Crippen molar-refractivity contribution in [3.63, 3.8) is 0 Å². The molecule has 0 aliphatic carbocycles. The largest absolute Gasteiger partial charge is 0.491 e. The van der Waals surface area contributed by atoms with Crippen molar-refractivity contribution in [1.82, 2.24) is 5.32 Å². The van der Waals surface area contributed by atoms with Crippen molar-refractivity contribution in [2.75, 3.05) is 18.1 Å². The molecule has 0 unspecified atom stereocenters. The van der Waals surface area contributed by atoms with E-state index in [1.54, 1.807) is 4.90 Å². The normalized spacial score (nSPS) is 16.0. The Kier molecular flexibility index (Phi) is 4.51. The molecule has 1 aliphatic heterocycles. The first-order valence-corrected chi connectivity index (χ1v) is 7.94. The lowest BCUT2D eigenvalue weighted by atomic mass is 10.1. The Bertz CT molecular complexity index is 773. The highest BCUT2D eigenvalue weighted by atomic mass is 16.5. The highest BCUT2D eigenvalue weighted by molar-refractivity contribution is 6.06. The minimum absolute atomic E-state index is 0.125. The topological polar surface area (TPSA) is 58.6 Å². The summed E-state index contributed by atoms with van der Waals surface area (Å²) in [6.07, 6.45) is 0. The molecule has 124 valence electrons. The van der Waals surface area contributed by atoms with Crippen LogP contribution in [0.25, 0.3) is 0 Å². The number of carbonyl (C=O) groups is 2. The Hall–Kier alpha value is -2.82. The number of rotatable bonds is 5. The molecule has 2 aromatic rings. The molecule has 2 aromatic carbocycles. The molecule has 0 aromatic heterocycles. The minimum Gasteiger partial charge on any atom is -0.491 e. The fourth-order valence-electron chi connectivity index (χ4n) is 2.92. The van der Waals surface area contributed by atoms with Crippen LogP contribution in [0.2, 0.25) is 0 Å². The molecule has 5 heteroatoms. The fraction of sp³-hybridized carbons (Fsp3) is 0.263. The van der Waals surface area contributed by atoms with Crippen LogP contribution < -0.4 is 15.0 Å². The third-order valence-corrected chi connectivity index (χ3v) is 4.07. The van der Waals surface area contributed by atoms with Gasteiger partial charge in [0.2, 0.25) is 5.91 Å². The molecule has 1 N–H and O–H groups in total. The van der Waals surface area contributed by atoms with Crippen molar-refractivity contribution in [2.45, 2.75) is 19.9 Å². The Morgan fingerprint density at radius 3 is 2.62 bits per heavy atom. The number of nitrogens with zero attached hydrogens (tertiary/aromatic N) is 1. The lowest BCUT2D eigenvalue weighted by molar-refractivity contribution is -0.126. The van der Waals surface area contributed by atoms with Gasteiger partial charge in [0.15, 0.2) is 0 Å². The summed E-state index contributed by atoms with van der Waals surface area (Å²) in [4.78, 5) is 25.7. The summed E-state index contributed by atoms with van der Waals surface area (Å²) >= 11 is 0. The number of aryl methyl sites for hydroxylation is 1. The zero-order valence-corrected chi connectivity index (χ0v) is 13.8. The molecule has 0 saturated heterocycles. The quantitative estimate of drug-likeness (QED) is 0.920. The second kappa shape index (κ2) is 6.74. The summed E-state index contributed by atoms with van der Waals surface area (Å²) in [7, 11) is 0. The SMILES string of the molecule is CC(=O)N[C@H]1C(=O)N(CCOc2ccccc2C)c2ccccc21. The van der Waals surface area contributed by atoms with Crippen LogP contribution in [0.5, 0.6) is 5.75 Å². The molecule has 5 nitrogen and oxygen atoms in total. The predicted molar refractivity (Wildman–Crippen MR) is 92.0 cm³/mol. The van der Waals surface area contributed by atoms with E-state index in [0.717, 1.165) is 22.6 Å². The van der Waals surface area contributed by atoms with Gasteiger partial charge in [-0.15, -0.1) is 0 Å². The third-order valence-electron chi connectivity index (χ3n) is 4.07. The highest BCUT2D eigenvalue weighted by Crippen LogP contribution is 2.35. The fourth-order valence-corrected chi connectivity index (χ4v) is 2.92. The van der Waals surface area contributed by atoms with Gasteiger partial charge in [0.25, 0.3) is 5.91 Å². The molecule has 0 spiro atoms. The van der Waals surface area contributed by atoms with Crippen molar-refractivity contribution in [2.24, 2.45) is 0 Å². The number of para-hydroxylation sites is 2. The average Bonchev–Trinajstić information content (AvgIpc) is 2.82. The zero-order chi connectivity index (χ0) is 17.1. The van der Waals surface area contributed by atoms with Gasteiger partial charge in [-0.2, -0.15) is 0 Å². The molecule has 0 radical (unpaired) electrons. The average molecular weight is 324 g/mol. The number of ether oxygens (including phenoxy) is 1. The Labute approximate surface area is 141 Å². The minimum atomic E-state index is -0.614. The Morgan fingerprint density at radius 1 is 1.17 bits per heavy atom. The Morgan fingerprint density at radius 2 is 1.88 bits per heavy atom. The Balaban J connectivity index is 1.73. The molecule has 0 fully saturated rings. The van der Waals surface area contributed by atoms with Crippen molar-refractivity contribution < 1.29 is 14.3 Å². The van der Waals surface area contributed by atoms with E-state index in [2.05, 4.69) is 5.32 Å². The number of benzene rings is 2. The van der Waals surface area contributed by atoms with Crippen molar-refractivity contribution >= 4 is 17.5 Å². The lowest BCUT2D eigenvalue weighted by Crippen LogP contribution is -2.38. The third kappa shape index (κ3) is 3.11. The second-order valence-corrected chi connectivity index (χ2v) is 5.80. The van der Waals surface area contributed by atoms with E-state index in [1.807, 2.05) is 55.5 Å². The first-order chi connectivity index (χ1) is 11.6. The van der Waals surface area contributed by atoms with E-state index >= 15 is 0 Å². The van der Waals surface area contributed by atoms with Gasteiger partial charge in [-0.05, 0) is 24.6 Å². The van der Waals surface area contributed by atoms with Crippen LogP contribution in [0.3, 0.4) is 0 Å². The number of hydrogen-bond acceptors (Lipinski definition) is 3. The van der Waals surface area contributed by atoms with Gasteiger partial charge in [0.1, 0.15) is 18.4 Å². The van der Waals surface area contributed by atoms with Gasteiger partial charge < -0.3 is 15.0 Å². The van der Waals surface area contributed by atoms with Gasteiger partial charge >= 0.3 is 0 Å². The van der Waals surface area contributed by atoms with Crippen LogP contribution >= 0.6 is 0 Å². The van der Waals surface area contributed by atoms with Crippen molar-refractivity contribution in [1.29, 1.82) is 0 Å². The van der Waals surface area contributed by atoms with Gasteiger partial charge in [-0.3, -0.25) is 9.59 Å². The van der Waals surface area contributed by atoms with Gasteiger partial charge in [-0.25, -0.2) is 0 Å². The van der Waals surface area contributed by atoms with Crippen LogP contribution in [0.1, 0.15) is 24.1 Å². The monoisotopic (exact) mass is 324 g/mol. The van der Waals surface area contributed by atoms with Crippen LogP contribution in [-0.2, 0) is 9.59 Å². The molecule has 3 rings (SSSR count). The van der Waals surface area contributed by atoms with Gasteiger partial charge in [-0.1, -0.05) is 36.4 Å². The molecular weight excluding hydrogens is 304 g/mol. The standard InChI is InChI=1S/C19H20N2O3/c1-13-7-3-6-10-17(13)24-12-11-21-16-9-5-4-8-15(16)18(19(21)23)20-14(2)22/h3-10,18H,11-12H2,1-2H3,(H,20,22)/t18-/m1/s1. The number of carbonyl (C=O) groups excluding carboxylic acids is 2. The van der Waals surface area contributed by atoms with E-state index in [0.29, 0.717) is 13.2 Å². The molecule has 1 atom stereocenters. The van der Waals surface area contributed by atoms with E-state index in [1.165, 1.54) is 6.92 Å². The first-order valence-electron chi connectivity index (χ1n) is 7.94. The molecule has 24 heavy (non-hydrogen) atoms. The van der Waals surface area contributed by atoms with Gasteiger partial charge in [0, 0.05) is 18.2 Å². The van der Waals surface area contributed by atoms with E-state index < -0.39 is 6.04 Å². The molecule has 2 amide bonds. The molecular formula is C19H20N2O3. The van der Waals surface area contributed by atoms with Crippen LogP contribution in [0.4, 0.5) is 5.69 Å². The smallest absolute Gasteiger partial charge is 0.254 e. The second-order valence-electron chi connectivity index (χ2n) is 5.80. The number of nitrogens with one attached hydrogen (secondary N) is 1. The summed E-state index contributed by atoms with van der Waals surface area (Å²) < 4.78 is 5.80. The molecule has 0 saturated carbocycles. The van der Waals surface area contributed by atoms with Crippen LogP contribution in [0.15, 0.2) is 48.5 Å². The van der Waals surface area contributed by atoms with Crippen LogP contribution in [-0.4, -0.2) is 25.0 Å². The molecule has 1 aliphatic rings. The number of amides is 2. The summed E-state index contributed by atoms with van der Waals surface area (Å²) in [6.45, 7) is 4.22. The number of anilines is 1. The summed E-state index contributed by atoms with van der Waals surface area (Å²) in [5.74, 6) is 0.469. The maximum atomic E-state index is 12.7. The molecule has 0 bridgehead atoms. The predicted octanol–water partition coefficient (Wildman–Crippen LogP) is 2.60. The van der Waals surface area contributed by atoms with Crippen molar-refractivity contribution in [3.8, 4) is 5.75 Å². The summed E-state index contributed by atoms with van der Waals surface area (Å²) in [6, 6.07) is 14.7. The maximum absolute atomic E-state index is 12.7. The molecule has 1 heterocycles. The zero-order valence-electron chi connectivity index (χ0n) is 13.8. The van der Waals surface area contributed by atoms with Gasteiger partial charge in [0.05, 0.1) is 6.54 Å². The first kappa shape index (κ1) is 16.1. The van der Waals surface area contributed by atoms with E-state index in [9.17, 15) is 9.59 Å². The van der Waals surface area contributed by atoms with E-state index in [-0.39, 0.29) is 11.8 Å². The van der Waals surface area contributed by atoms with Crippen molar-refractivity contribution in [3.05, 3.63) is 59.7 Å². The van der Waals surface area contributed by atoms with E-state index in [4.69, 9.17) is 4.74 Å².